The number of β-amino-alcohol motifs (C(OH)–C–C–N with tert-alkyl or cyclic N) is 1. The SMILES string of the molecule is O=C(CN1CCN(C[C@@H](O)COc2ccc3oc(-c4ccccc4)nc3c2)CC1)Nc1cccc2[nH]nnc12. The summed E-state index contributed by atoms with van der Waals surface area (Å²) in [6.45, 7) is 3.96. The molecule has 0 radical (unpaired) electrons. The molecule has 6 rings (SSSR count). The molecule has 11 heteroatoms. The van der Waals surface area contributed by atoms with E-state index >= 15 is 0 Å². The molecule has 0 spiro atoms. The van der Waals surface area contributed by atoms with E-state index in [0.29, 0.717) is 47.0 Å². The fourth-order valence-electron chi connectivity index (χ4n) is 4.74. The van der Waals surface area contributed by atoms with Gasteiger partial charge in [-0.25, -0.2) is 4.98 Å². The molecule has 0 saturated carbocycles. The second kappa shape index (κ2) is 11.2. The van der Waals surface area contributed by atoms with Crippen LogP contribution in [0.2, 0.25) is 0 Å². The smallest absolute Gasteiger partial charge is 0.238 e. The molecule has 5 aromatic rings. The van der Waals surface area contributed by atoms with Crippen LogP contribution in [0.1, 0.15) is 0 Å². The standard InChI is InChI=1S/C28H29N7O4/c36-20(18-38-21-9-10-25-24(15-21)30-28(39-25)19-5-2-1-3-6-19)16-34-11-13-35(14-12-34)17-26(37)29-22-7-4-8-23-27(22)32-33-31-23/h1-10,15,20,36H,11-14,16-18H2,(H,29,37)(H,31,32,33)/t20-/m1/s1. The van der Waals surface area contributed by atoms with Crippen LogP contribution in [0.4, 0.5) is 5.69 Å². The third-order valence-electron chi connectivity index (χ3n) is 6.75. The molecule has 1 aliphatic heterocycles. The topological polar surface area (TPSA) is 133 Å². The fraction of sp³-hybridized carbons (Fsp3) is 0.286. The number of hydrogen-bond donors (Lipinski definition) is 3. The van der Waals surface area contributed by atoms with Gasteiger partial charge in [0, 0.05) is 44.4 Å². The summed E-state index contributed by atoms with van der Waals surface area (Å²) < 4.78 is 11.7. The summed E-state index contributed by atoms with van der Waals surface area (Å²) in [6.07, 6.45) is -0.643. The molecule has 3 heterocycles. The van der Waals surface area contributed by atoms with Gasteiger partial charge < -0.3 is 19.6 Å². The molecule has 39 heavy (non-hydrogen) atoms. The van der Waals surface area contributed by atoms with Crippen molar-refractivity contribution in [3.8, 4) is 17.2 Å². The number of nitrogens with one attached hydrogen (secondary N) is 2. The number of benzene rings is 3. The minimum atomic E-state index is -0.643. The van der Waals surface area contributed by atoms with Crippen LogP contribution in [0.15, 0.2) is 71.1 Å². The molecular formula is C28H29N7O4. The van der Waals surface area contributed by atoms with Gasteiger partial charge in [-0.2, -0.15) is 0 Å². The van der Waals surface area contributed by atoms with E-state index in [2.05, 4.69) is 35.5 Å². The Labute approximate surface area is 224 Å². The number of rotatable bonds is 9. The maximum Gasteiger partial charge on any atom is 0.238 e. The van der Waals surface area contributed by atoms with Crippen molar-refractivity contribution < 1.29 is 19.1 Å². The molecule has 3 N–H and O–H groups in total. The summed E-state index contributed by atoms with van der Waals surface area (Å²) >= 11 is 0. The Morgan fingerprint density at radius 2 is 1.87 bits per heavy atom. The maximum absolute atomic E-state index is 12.6. The van der Waals surface area contributed by atoms with Gasteiger partial charge in [0.1, 0.15) is 29.5 Å². The molecule has 1 saturated heterocycles. The Bertz CT molecular complexity index is 1560. The molecule has 1 amide bonds. The summed E-state index contributed by atoms with van der Waals surface area (Å²) in [4.78, 5) is 21.4. The van der Waals surface area contributed by atoms with E-state index in [0.717, 1.165) is 37.3 Å². The van der Waals surface area contributed by atoms with E-state index in [1.54, 1.807) is 0 Å². The molecule has 1 aliphatic rings. The van der Waals surface area contributed by atoms with Crippen LogP contribution in [-0.2, 0) is 4.79 Å². The van der Waals surface area contributed by atoms with Crippen LogP contribution in [0, 0.1) is 0 Å². The van der Waals surface area contributed by atoms with Crippen LogP contribution in [0.5, 0.6) is 5.75 Å². The lowest BCUT2D eigenvalue weighted by Gasteiger charge is -2.35. The molecule has 11 nitrogen and oxygen atoms in total. The molecule has 0 bridgehead atoms. The van der Waals surface area contributed by atoms with E-state index in [-0.39, 0.29) is 12.5 Å². The number of aromatic amines is 1. The van der Waals surface area contributed by atoms with E-state index in [4.69, 9.17) is 9.15 Å². The number of piperazine rings is 1. The highest BCUT2D eigenvalue weighted by Crippen LogP contribution is 2.27. The van der Waals surface area contributed by atoms with Crippen LogP contribution in [-0.4, -0.2) is 93.2 Å². The second-order valence-corrected chi connectivity index (χ2v) is 9.62. The number of fused-ring (bicyclic) bond motifs is 2. The largest absolute Gasteiger partial charge is 0.491 e. The average molecular weight is 528 g/mol. The number of aliphatic hydroxyl groups is 1. The predicted molar refractivity (Wildman–Crippen MR) is 146 cm³/mol. The van der Waals surface area contributed by atoms with Crippen molar-refractivity contribution in [3.05, 3.63) is 66.7 Å². The zero-order valence-corrected chi connectivity index (χ0v) is 21.3. The molecule has 1 atom stereocenters. The minimum Gasteiger partial charge on any atom is -0.491 e. The molecule has 1 fully saturated rings. The van der Waals surface area contributed by atoms with Gasteiger partial charge in [0.2, 0.25) is 11.8 Å². The Balaban J connectivity index is 0.946. The number of oxazole rings is 1. The van der Waals surface area contributed by atoms with Crippen LogP contribution >= 0.6 is 0 Å². The number of ether oxygens (including phenoxy) is 1. The number of aromatic nitrogens is 4. The first-order chi connectivity index (χ1) is 19.1. The first kappa shape index (κ1) is 25.0. The highest BCUT2D eigenvalue weighted by Gasteiger charge is 2.21. The van der Waals surface area contributed by atoms with E-state index in [1.165, 1.54) is 0 Å². The quantitative estimate of drug-likeness (QED) is 0.265. The Morgan fingerprint density at radius 1 is 1.05 bits per heavy atom. The number of hydrogen-bond acceptors (Lipinski definition) is 9. The van der Waals surface area contributed by atoms with Gasteiger partial charge in [0.25, 0.3) is 0 Å². The highest BCUT2D eigenvalue weighted by atomic mass is 16.5. The van der Waals surface area contributed by atoms with E-state index < -0.39 is 6.10 Å². The highest BCUT2D eigenvalue weighted by molar-refractivity contribution is 5.99. The van der Waals surface area contributed by atoms with Crippen molar-refractivity contribution in [3.63, 3.8) is 0 Å². The molecule has 0 unspecified atom stereocenters. The Morgan fingerprint density at radius 3 is 2.72 bits per heavy atom. The van der Waals surface area contributed by atoms with Gasteiger partial charge >= 0.3 is 0 Å². The first-order valence-electron chi connectivity index (χ1n) is 12.9. The normalized spacial score (nSPS) is 15.5. The number of aliphatic hydroxyl groups excluding tert-OH is 1. The van der Waals surface area contributed by atoms with Crippen molar-refractivity contribution in [2.24, 2.45) is 0 Å². The summed E-state index contributed by atoms with van der Waals surface area (Å²) in [7, 11) is 0. The lowest BCUT2D eigenvalue weighted by atomic mass is 10.2. The average Bonchev–Trinajstić information content (AvgIpc) is 3.61. The van der Waals surface area contributed by atoms with Gasteiger partial charge in [-0.1, -0.05) is 29.5 Å². The summed E-state index contributed by atoms with van der Waals surface area (Å²) in [5.74, 6) is 1.10. The predicted octanol–water partition coefficient (Wildman–Crippen LogP) is 2.76. The van der Waals surface area contributed by atoms with Gasteiger partial charge in [0.05, 0.1) is 17.7 Å². The van der Waals surface area contributed by atoms with Crippen molar-refractivity contribution >= 4 is 33.7 Å². The van der Waals surface area contributed by atoms with Gasteiger partial charge in [-0.15, -0.1) is 5.10 Å². The lowest BCUT2D eigenvalue weighted by Crippen LogP contribution is -2.50. The summed E-state index contributed by atoms with van der Waals surface area (Å²) in [5, 5.41) is 24.1. The van der Waals surface area contributed by atoms with Crippen LogP contribution < -0.4 is 10.1 Å². The summed E-state index contributed by atoms with van der Waals surface area (Å²) in [6, 6.07) is 20.7. The van der Waals surface area contributed by atoms with Crippen molar-refractivity contribution in [2.45, 2.75) is 6.10 Å². The summed E-state index contributed by atoms with van der Waals surface area (Å²) in [5.41, 5.74) is 4.37. The third-order valence-corrected chi connectivity index (χ3v) is 6.75. The molecule has 3 aromatic carbocycles. The van der Waals surface area contributed by atoms with E-state index in [9.17, 15) is 9.90 Å². The molecule has 0 aliphatic carbocycles. The second-order valence-electron chi connectivity index (χ2n) is 9.62. The molecule has 2 aromatic heterocycles. The third kappa shape index (κ3) is 5.90. The van der Waals surface area contributed by atoms with Crippen LogP contribution in [0.25, 0.3) is 33.6 Å². The van der Waals surface area contributed by atoms with Crippen molar-refractivity contribution in [1.29, 1.82) is 0 Å². The number of nitrogens with zero attached hydrogens (tertiary/aromatic N) is 5. The zero-order chi connectivity index (χ0) is 26.6. The number of carbonyl (C=O) groups excluding carboxylic acids is 1. The van der Waals surface area contributed by atoms with Crippen LogP contribution in [0.3, 0.4) is 0 Å². The zero-order valence-electron chi connectivity index (χ0n) is 21.3. The number of amides is 1. The number of anilines is 1. The van der Waals surface area contributed by atoms with Gasteiger partial charge in [-0.3, -0.25) is 19.7 Å². The number of carbonyl (C=O) groups is 1. The van der Waals surface area contributed by atoms with Gasteiger partial charge in [-0.05, 0) is 36.4 Å². The number of H-pyrrole nitrogens is 1. The fourth-order valence-corrected chi connectivity index (χ4v) is 4.74. The Kier molecular flexibility index (Phi) is 7.17. The molecular weight excluding hydrogens is 498 g/mol. The Hall–Kier alpha value is -4.32. The van der Waals surface area contributed by atoms with E-state index in [1.807, 2.05) is 66.7 Å². The molecule has 200 valence electrons. The minimum absolute atomic E-state index is 0.0904. The maximum atomic E-state index is 12.6. The lowest BCUT2D eigenvalue weighted by molar-refractivity contribution is -0.117. The van der Waals surface area contributed by atoms with Gasteiger partial charge in [0.15, 0.2) is 5.58 Å². The van der Waals surface area contributed by atoms with Crippen molar-refractivity contribution in [2.75, 3.05) is 51.2 Å². The van der Waals surface area contributed by atoms with Crippen molar-refractivity contribution in [1.82, 2.24) is 30.2 Å². The first-order valence-corrected chi connectivity index (χ1v) is 12.9. The monoisotopic (exact) mass is 527 g/mol.